The minimum Gasteiger partial charge on any atom is -0.494 e. The molecule has 0 heterocycles. The van der Waals surface area contributed by atoms with Crippen LogP contribution in [0.5, 0.6) is 11.5 Å². The molecule has 0 bridgehead atoms. The van der Waals surface area contributed by atoms with E-state index in [1.165, 1.54) is 24.3 Å². The molecular formula is C16H16F2N2O3. The number of hydrogen-bond donors (Lipinski definition) is 2. The standard InChI is InChI=1S/C16H16F2N2O3/c1-2-22-14-5-3-4-12(10-14)20-16(21)19-11-6-8-13(9-7-11)23-15(17)18/h3-10,15H,2H2,1H3,(H2,19,20,21). The predicted octanol–water partition coefficient (Wildman–Crippen LogP) is 4.33. The van der Waals surface area contributed by atoms with Crippen molar-refractivity contribution in [3.8, 4) is 11.5 Å². The van der Waals surface area contributed by atoms with Gasteiger partial charge in [0.1, 0.15) is 11.5 Å². The van der Waals surface area contributed by atoms with Gasteiger partial charge in [0.05, 0.1) is 6.61 Å². The third kappa shape index (κ3) is 5.46. The largest absolute Gasteiger partial charge is 0.494 e. The van der Waals surface area contributed by atoms with Crippen molar-refractivity contribution in [1.29, 1.82) is 0 Å². The van der Waals surface area contributed by atoms with Crippen LogP contribution in [-0.4, -0.2) is 19.2 Å². The number of rotatable bonds is 6. The lowest BCUT2D eigenvalue weighted by molar-refractivity contribution is -0.0498. The van der Waals surface area contributed by atoms with Crippen LogP contribution in [0.2, 0.25) is 0 Å². The molecule has 0 unspecified atom stereocenters. The van der Waals surface area contributed by atoms with Gasteiger partial charge >= 0.3 is 12.6 Å². The molecule has 0 fully saturated rings. The summed E-state index contributed by atoms with van der Waals surface area (Å²) in [4.78, 5) is 11.9. The van der Waals surface area contributed by atoms with E-state index in [0.29, 0.717) is 23.7 Å². The molecule has 2 aromatic carbocycles. The Morgan fingerprint density at radius 3 is 2.39 bits per heavy atom. The van der Waals surface area contributed by atoms with Crippen LogP contribution in [0.25, 0.3) is 0 Å². The molecule has 5 nitrogen and oxygen atoms in total. The van der Waals surface area contributed by atoms with E-state index in [-0.39, 0.29) is 5.75 Å². The second-order valence-electron chi connectivity index (χ2n) is 4.44. The maximum atomic E-state index is 12.0. The first-order valence-electron chi connectivity index (χ1n) is 6.92. The van der Waals surface area contributed by atoms with Gasteiger partial charge < -0.3 is 20.1 Å². The highest BCUT2D eigenvalue weighted by Gasteiger charge is 2.06. The summed E-state index contributed by atoms with van der Waals surface area (Å²) in [6.07, 6.45) is 0. The van der Waals surface area contributed by atoms with Crippen LogP contribution >= 0.6 is 0 Å². The van der Waals surface area contributed by atoms with Gasteiger partial charge in [0.15, 0.2) is 0 Å². The van der Waals surface area contributed by atoms with Crippen LogP contribution in [0.15, 0.2) is 48.5 Å². The van der Waals surface area contributed by atoms with Crippen molar-refractivity contribution in [3.05, 3.63) is 48.5 Å². The zero-order valence-electron chi connectivity index (χ0n) is 12.4. The summed E-state index contributed by atoms with van der Waals surface area (Å²) < 4.78 is 33.7. The molecule has 0 aromatic heterocycles. The number of hydrogen-bond acceptors (Lipinski definition) is 3. The van der Waals surface area contributed by atoms with E-state index in [9.17, 15) is 13.6 Å². The number of alkyl halides is 2. The Hall–Kier alpha value is -2.83. The summed E-state index contributed by atoms with van der Waals surface area (Å²) in [5.74, 6) is 0.675. The van der Waals surface area contributed by atoms with Crippen molar-refractivity contribution < 1.29 is 23.0 Å². The van der Waals surface area contributed by atoms with Crippen molar-refractivity contribution >= 4 is 17.4 Å². The van der Waals surface area contributed by atoms with Gasteiger partial charge in [-0.05, 0) is 43.3 Å². The van der Waals surface area contributed by atoms with E-state index < -0.39 is 12.6 Å². The third-order valence-electron chi connectivity index (χ3n) is 2.74. The minimum absolute atomic E-state index is 0.0235. The number of halogens is 2. The van der Waals surface area contributed by atoms with Gasteiger partial charge in [0.25, 0.3) is 0 Å². The molecule has 122 valence electrons. The molecule has 0 aliphatic carbocycles. The van der Waals surface area contributed by atoms with E-state index in [1.54, 1.807) is 24.3 Å². The lowest BCUT2D eigenvalue weighted by Crippen LogP contribution is -2.19. The Kier molecular flexibility index (Phi) is 5.74. The Labute approximate surface area is 132 Å². The van der Waals surface area contributed by atoms with Crippen LogP contribution in [0, 0.1) is 0 Å². The summed E-state index contributed by atoms with van der Waals surface area (Å²) in [5.41, 5.74) is 1.02. The monoisotopic (exact) mass is 322 g/mol. The molecule has 0 aliphatic rings. The van der Waals surface area contributed by atoms with Crippen LogP contribution in [0.1, 0.15) is 6.92 Å². The Bertz CT molecular complexity index is 648. The molecule has 0 saturated carbocycles. The maximum absolute atomic E-state index is 12.0. The molecule has 2 N–H and O–H groups in total. The van der Waals surface area contributed by atoms with Crippen molar-refractivity contribution in [1.82, 2.24) is 0 Å². The zero-order valence-corrected chi connectivity index (χ0v) is 12.4. The molecule has 7 heteroatoms. The Morgan fingerprint density at radius 1 is 1.04 bits per heavy atom. The van der Waals surface area contributed by atoms with E-state index in [1.807, 2.05) is 6.92 Å². The van der Waals surface area contributed by atoms with E-state index in [2.05, 4.69) is 15.4 Å². The molecule has 0 saturated heterocycles. The predicted molar refractivity (Wildman–Crippen MR) is 83.3 cm³/mol. The lowest BCUT2D eigenvalue weighted by atomic mass is 10.3. The normalized spacial score (nSPS) is 10.3. The first kappa shape index (κ1) is 16.5. The molecule has 23 heavy (non-hydrogen) atoms. The fourth-order valence-electron chi connectivity index (χ4n) is 1.84. The highest BCUT2D eigenvalue weighted by molar-refractivity contribution is 5.99. The number of nitrogens with one attached hydrogen (secondary N) is 2. The second-order valence-corrected chi connectivity index (χ2v) is 4.44. The molecule has 0 aliphatic heterocycles. The van der Waals surface area contributed by atoms with Crippen LogP contribution in [0.3, 0.4) is 0 Å². The fraction of sp³-hybridized carbons (Fsp3) is 0.188. The van der Waals surface area contributed by atoms with Crippen LogP contribution < -0.4 is 20.1 Å². The first-order valence-corrected chi connectivity index (χ1v) is 6.92. The number of anilines is 2. The zero-order chi connectivity index (χ0) is 16.7. The number of ether oxygens (including phenoxy) is 2. The van der Waals surface area contributed by atoms with Gasteiger partial charge in [-0.25, -0.2) is 4.79 Å². The van der Waals surface area contributed by atoms with Crippen molar-refractivity contribution in [2.75, 3.05) is 17.2 Å². The molecule has 0 radical (unpaired) electrons. The average molecular weight is 322 g/mol. The Balaban J connectivity index is 1.92. The van der Waals surface area contributed by atoms with Crippen LogP contribution in [-0.2, 0) is 0 Å². The third-order valence-corrected chi connectivity index (χ3v) is 2.74. The second kappa shape index (κ2) is 7.98. The number of urea groups is 1. The summed E-state index contributed by atoms with van der Waals surface area (Å²) in [6.45, 7) is -0.480. The quantitative estimate of drug-likeness (QED) is 0.832. The van der Waals surface area contributed by atoms with Gasteiger partial charge in [0, 0.05) is 17.4 Å². The van der Waals surface area contributed by atoms with Gasteiger partial charge in [-0.3, -0.25) is 0 Å². The number of carbonyl (C=O) groups is 1. The van der Waals surface area contributed by atoms with Gasteiger partial charge in [0.2, 0.25) is 0 Å². The topological polar surface area (TPSA) is 59.6 Å². The number of amides is 2. The molecular weight excluding hydrogens is 306 g/mol. The summed E-state index contributed by atoms with van der Waals surface area (Å²) in [5, 5.41) is 5.24. The molecule has 2 amide bonds. The Morgan fingerprint density at radius 2 is 1.74 bits per heavy atom. The fourth-order valence-corrected chi connectivity index (χ4v) is 1.84. The highest BCUT2D eigenvalue weighted by Crippen LogP contribution is 2.19. The van der Waals surface area contributed by atoms with Crippen molar-refractivity contribution in [2.24, 2.45) is 0 Å². The highest BCUT2D eigenvalue weighted by atomic mass is 19.3. The maximum Gasteiger partial charge on any atom is 0.387 e. The molecule has 2 aromatic rings. The lowest BCUT2D eigenvalue weighted by Gasteiger charge is -2.10. The van der Waals surface area contributed by atoms with Crippen LogP contribution in [0.4, 0.5) is 25.0 Å². The van der Waals surface area contributed by atoms with Gasteiger partial charge in [-0.2, -0.15) is 8.78 Å². The SMILES string of the molecule is CCOc1cccc(NC(=O)Nc2ccc(OC(F)F)cc2)c1. The van der Waals surface area contributed by atoms with E-state index in [4.69, 9.17) is 4.74 Å². The van der Waals surface area contributed by atoms with Gasteiger partial charge in [-0.1, -0.05) is 6.07 Å². The van der Waals surface area contributed by atoms with Crippen molar-refractivity contribution in [2.45, 2.75) is 13.5 Å². The molecule has 0 spiro atoms. The smallest absolute Gasteiger partial charge is 0.387 e. The molecule has 0 atom stereocenters. The number of carbonyl (C=O) groups excluding carboxylic acids is 1. The van der Waals surface area contributed by atoms with E-state index >= 15 is 0 Å². The summed E-state index contributed by atoms with van der Waals surface area (Å²) >= 11 is 0. The summed E-state index contributed by atoms with van der Waals surface area (Å²) in [7, 11) is 0. The minimum atomic E-state index is -2.88. The van der Waals surface area contributed by atoms with E-state index in [0.717, 1.165) is 0 Å². The average Bonchev–Trinajstić information content (AvgIpc) is 2.49. The first-order chi connectivity index (χ1) is 11.1. The number of benzene rings is 2. The summed E-state index contributed by atoms with van der Waals surface area (Å²) in [6, 6.07) is 12.1. The molecule has 2 rings (SSSR count). The van der Waals surface area contributed by atoms with Crippen molar-refractivity contribution in [3.63, 3.8) is 0 Å². The van der Waals surface area contributed by atoms with Gasteiger partial charge in [-0.15, -0.1) is 0 Å².